The Kier molecular flexibility index (Phi) is 3.34. The van der Waals surface area contributed by atoms with Crippen molar-refractivity contribution < 1.29 is 4.39 Å². The van der Waals surface area contributed by atoms with Crippen LogP contribution in [0.1, 0.15) is 30.1 Å². The quantitative estimate of drug-likeness (QED) is 0.836. The summed E-state index contributed by atoms with van der Waals surface area (Å²) < 4.78 is 13.8. The lowest BCUT2D eigenvalue weighted by Crippen LogP contribution is -2.24. The Morgan fingerprint density at radius 1 is 1.25 bits per heavy atom. The third-order valence-corrected chi connectivity index (χ3v) is 3.69. The van der Waals surface area contributed by atoms with Crippen LogP contribution in [0.3, 0.4) is 0 Å². The number of rotatable bonds is 2. The smallest absolute Gasteiger partial charge is 0.143 e. The van der Waals surface area contributed by atoms with E-state index >= 15 is 0 Å². The van der Waals surface area contributed by atoms with Gasteiger partial charge in [0.1, 0.15) is 17.4 Å². The zero-order valence-corrected chi connectivity index (χ0v) is 11.0. The minimum atomic E-state index is -0.461. The molecule has 3 nitrogen and oxygen atoms in total. The van der Waals surface area contributed by atoms with Gasteiger partial charge >= 0.3 is 0 Å². The zero-order chi connectivity index (χ0) is 13.9. The molecule has 3 rings (SSSR count). The molecule has 0 radical (unpaired) electrons. The second-order valence-corrected chi connectivity index (χ2v) is 4.85. The van der Waals surface area contributed by atoms with Crippen LogP contribution in [0.5, 0.6) is 0 Å². The van der Waals surface area contributed by atoms with Crippen LogP contribution in [0.4, 0.5) is 10.1 Å². The van der Waals surface area contributed by atoms with Crippen molar-refractivity contribution >= 4 is 5.69 Å². The third-order valence-electron chi connectivity index (χ3n) is 3.69. The van der Waals surface area contributed by atoms with Crippen molar-refractivity contribution in [2.45, 2.75) is 18.9 Å². The fourth-order valence-electron chi connectivity index (χ4n) is 2.80. The van der Waals surface area contributed by atoms with Crippen LogP contribution in [0.25, 0.3) is 0 Å². The highest BCUT2D eigenvalue weighted by atomic mass is 19.1. The molecule has 0 spiro atoms. The van der Waals surface area contributed by atoms with Gasteiger partial charge in [0, 0.05) is 12.7 Å². The van der Waals surface area contributed by atoms with Gasteiger partial charge in [-0.1, -0.05) is 12.1 Å². The molecule has 1 aromatic heterocycles. The summed E-state index contributed by atoms with van der Waals surface area (Å²) in [7, 11) is 0. The van der Waals surface area contributed by atoms with Crippen LogP contribution in [0.2, 0.25) is 0 Å². The van der Waals surface area contributed by atoms with Crippen molar-refractivity contribution in [1.82, 2.24) is 4.98 Å². The Hall–Kier alpha value is -2.41. The zero-order valence-electron chi connectivity index (χ0n) is 11.0. The first-order chi connectivity index (χ1) is 9.81. The summed E-state index contributed by atoms with van der Waals surface area (Å²) >= 11 is 0. The molecule has 0 aliphatic carbocycles. The van der Waals surface area contributed by atoms with Crippen molar-refractivity contribution in [3.8, 4) is 6.07 Å². The molecule has 1 saturated heterocycles. The van der Waals surface area contributed by atoms with Gasteiger partial charge < -0.3 is 4.90 Å². The molecule has 2 heterocycles. The van der Waals surface area contributed by atoms with E-state index in [2.05, 4.69) is 9.88 Å². The number of nitriles is 1. The average Bonchev–Trinajstić information content (AvgIpc) is 2.97. The minimum Gasteiger partial charge on any atom is -0.362 e. The van der Waals surface area contributed by atoms with Gasteiger partial charge in [-0.05, 0) is 37.1 Å². The molecule has 1 fully saturated rings. The van der Waals surface area contributed by atoms with Gasteiger partial charge in [-0.2, -0.15) is 5.26 Å². The maximum atomic E-state index is 13.8. The molecule has 1 aliphatic heterocycles. The van der Waals surface area contributed by atoms with Crippen molar-refractivity contribution in [2.75, 3.05) is 11.4 Å². The molecular formula is C16H14FN3. The number of hydrogen-bond donors (Lipinski definition) is 0. The van der Waals surface area contributed by atoms with Gasteiger partial charge in [0.05, 0.1) is 17.4 Å². The summed E-state index contributed by atoms with van der Waals surface area (Å²) in [6, 6.07) is 12.7. The monoisotopic (exact) mass is 267 g/mol. The summed E-state index contributed by atoms with van der Waals surface area (Å²) in [6.07, 6.45) is 3.75. The van der Waals surface area contributed by atoms with Crippen molar-refractivity contribution in [2.24, 2.45) is 0 Å². The molecule has 0 amide bonds. The first-order valence-corrected chi connectivity index (χ1v) is 6.67. The first-order valence-electron chi connectivity index (χ1n) is 6.67. The Morgan fingerprint density at radius 2 is 2.15 bits per heavy atom. The molecule has 0 bridgehead atoms. The van der Waals surface area contributed by atoms with E-state index in [0.717, 1.165) is 25.1 Å². The largest absolute Gasteiger partial charge is 0.362 e. The van der Waals surface area contributed by atoms with E-state index in [1.54, 1.807) is 12.3 Å². The summed E-state index contributed by atoms with van der Waals surface area (Å²) in [6.45, 7) is 0.819. The topological polar surface area (TPSA) is 39.9 Å². The molecule has 4 heteroatoms. The maximum Gasteiger partial charge on any atom is 0.143 e. The lowest BCUT2D eigenvalue weighted by Gasteiger charge is -2.27. The highest BCUT2D eigenvalue weighted by Gasteiger charge is 2.29. The Bertz CT molecular complexity index is 649. The number of anilines is 1. The number of benzene rings is 1. The van der Waals surface area contributed by atoms with Crippen molar-refractivity contribution in [1.29, 1.82) is 5.26 Å². The van der Waals surface area contributed by atoms with E-state index in [1.165, 1.54) is 6.07 Å². The van der Waals surface area contributed by atoms with E-state index in [1.807, 2.05) is 30.3 Å². The second-order valence-electron chi connectivity index (χ2n) is 4.85. The van der Waals surface area contributed by atoms with Gasteiger partial charge in [0.2, 0.25) is 0 Å². The molecule has 0 unspecified atom stereocenters. The van der Waals surface area contributed by atoms with E-state index in [-0.39, 0.29) is 11.6 Å². The predicted octanol–water partition coefficient (Wildman–Crippen LogP) is 3.43. The SMILES string of the molecule is N#Cc1c(F)cccc1N1CCC[C@@H]1c1ccccn1. The number of nitrogens with zero attached hydrogens (tertiary/aromatic N) is 3. The van der Waals surface area contributed by atoms with Crippen LogP contribution in [-0.2, 0) is 0 Å². The highest BCUT2D eigenvalue weighted by molar-refractivity contribution is 5.61. The molecule has 100 valence electrons. The minimum absolute atomic E-state index is 0.116. The molecule has 1 aromatic carbocycles. The average molecular weight is 267 g/mol. The van der Waals surface area contributed by atoms with Crippen LogP contribution in [0, 0.1) is 17.1 Å². The van der Waals surface area contributed by atoms with Crippen LogP contribution >= 0.6 is 0 Å². The second kappa shape index (κ2) is 5.30. The standard InChI is InChI=1S/C16H14FN3/c17-13-5-3-7-15(12(13)11-18)20-10-4-8-16(20)14-6-1-2-9-19-14/h1-3,5-7,9,16H,4,8,10H2/t16-/m1/s1. The summed E-state index contributed by atoms with van der Waals surface area (Å²) in [5.74, 6) is -0.461. The third kappa shape index (κ3) is 2.12. The van der Waals surface area contributed by atoms with Crippen molar-refractivity contribution in [3.05, 3.63) is 59.7 Å². The van der Waals surface area contributed by atoms with Gasteiger partial charge in [-0.25, -0.2) is 4.39 Å². The summed E-state index contributed by atoms with van der Waals surface area (Å²) in [5.41, 5.74) is 1.76. The fraction of sp³-hybridized carbons (Fsp3) is 0.250. The number of halogens is 1. The lowest BCUT2D eigenvalue weighted by atomic mass is 10.1. The first kappa shape index (κ1) is 12.6. The van der Waals surface area contributed by atoms with Gasteiger partial charge in [-0.15, -0.1) is 0 Å². The number of hydrogen-bond acceptors (Lipinski definition) is 3. The maximum absolute atomic E-state index is 13.8. The molecule has 2 aromatic rings. The normalized spacial score (nSPS) is 18.0. The Morgan fingerprint density at radius 3 is 2.90 bits per heavy atom. The van der Waals surface area contributed by atoms with Crippen LogP contribution < -0.4 is 4.90 Å². The van der Waals surface area contributed by atoms with E-state index in [0.29, 0.717) is 5.69 Å². The summed E-state index contributed by atoms with van der Waals surface area (Å²) in [4.78, 5) is 6.48. The fourth-order valence-corrected chi connectivity index (χ4v) is 2.80. The molecule has 1 atom stereocenters. The van der Waals surface area contributed by atoms with E-state index in [4.69, 9.17) is 0 Å². The summed E-state index contributed by atoms with van der Waals surface area (Å²) in [5, 5.41) is 9.18. The molecule has 0 N–H and O–H groups in total. The molecule has 0 saturated carbocycles. The molecular weight excluding hydrogens is 253 g/mol. The van der Waals surface area contributed by atoms with Crippen LogP contribution in [-0.4, -0.2) is 11.5 Å². The van der Waals surface area contributed by atoms with Gasteiger partial charge in [0.15, 0.2) is 0 Å². The number of pyridine rings is 1. The van der Waals surface area contributed by atoms with E-state index in [9.17, 15) is 9.65 Å². The lowest BCUT2D eigenvalue weighted by molar-refractivity contribution is 0.620. The van der Waals surface area contributed by atoms with E-state index < -0.39 is 5.82 Å². The molecule has 1 aliphatic rings. The molecule has 20 heavy (non-hydrogen) atoms. The van der Waals surface area contributed by atoms with Crippen molar-refractivity contribution in [3.63, 3.8) is 0 Å². The Balaban J connectivity index is 2.02. The number of aromatic nitrogens is 1. The highest BCUT2D eigenvalue weighted by Crippen LogP contribution is 2.37. The van der Waals surface area contributed by atoms with Gasteiger partial charge in [-0.3, -0.25) is 4.98 Å². The predicted molar refractivity (Wildman–Crippen MR) is 74.7 cm³/mol. The van der Waals surface area contributed by atoms with Crippen LogP contribution in [0.15, 0.2) is 42.6 Å². The Labute approximate surface area is 117 Å². The van der Waals surface area contributed by atoms with Gasteiger partial charge in [0.25, 0.3) is 0 Å².